The van der Waals surface area contributed by atoms with Crippen molar-refractivity contribution in [2.45, 2.75) is 26.3 Å². The molecule has 1 aromatic rings. The highest BCUT2D eigenvalue weighted by Gasteiger charge is 2.35. The van der Waals surface area contributed by atoms with Gasteiger partial charge in [-0.05, 0) is 38.0 Å². The van der Waals surface area contributed by atoms with Crippen molar-refractivity contribution in [1.29, 1.82) is 0 Å². The summed E-state index contributed by atoms with van der Waals surface area (Å²) in [4.78, 5) is 12.4. The number of benzene rings is 1. The molecule has 0 aromatic heterocycles. The molecule has 4 nitrogen and oxygen atoms in total. The quantitative estimate of drug-likeness (QED) is 0.350. The first-order chi connectivity index (χ1) is 8.99. The second-order valence-corrected chi connectivity index (χ2v) is 5.09. The van der Waals surface area contributed by atoms with Gasteiger partial charge in [-0.15, -0.1) is 0 Å². The minimum absolute atomic E-state index is 0.130. The zero-order chi connectivity index (χ0) is 14.0. The largest absolute Gasteiger partial charge is 0.361 e. The SMILES string of the molecule is C=C(CC=C(C)C)C1CN1c1ccc([N+](=O)[O-])cc1. The van der Waals surface area contributed by atoms with Crippen LogP contribution in [0.5, 0.6) is 0 Å². The van der Waals surface area contributed by atoms with Crippen molar-refractivity contribution >= 4 is 11.4 Å². The van der Waals surface area contributed by atoms with Gasteiger partial charge in [0, 0.05) is 24.4 Å². The van der Waals surface area contributed by atoms with E-state index in [1.165, 1.54) is 11.1 Å². The number of nitro benzene ring substituents is 1. The van der Waals surface area contributed by atoms with Crippen molar-refractivity contribution in [3.05, 3.63) is 58.2 Å². The number of nitrogens with zero attached hydrogens (tertiary/aromatic N) is 2. The number of anilines is 1. The molecule has 1 unspecified atom stereocenters. The summed E-state index contributed by atoms with van der Waals surface area (Å²) in [5, 5.41) is 10.6. The van der Waals surface area contributed by atoms with Gasteiger partial charge < -0.3 is 4.90 Å². The van der Waals surface area contributed by atoms with Crippen LogP contribution in [0.15, 0.2) is 48.1 Å². The van der Waals surface area contributed by atoms with Gasteiger partial charge in [0.15, 0.2) is 0 Å². The summed E-state index contributed by atoms with van der Waals surface area (Å²) in [6, 6.07) is 7.06. The smallest absolute Gasteiger partial charge is 0.269 e. The highest BCUT2D eigenvalue weighted by Crippen LogP contribution is 2.34. The zero-order valence-corrected chi connectivity index (χ0v) is 11.3. The van der Waals surface area contributed by atoms with Gasteiger partial charge in [-0.25, -0.2) is 0 Å². The molecular formula is C15H18N2O2. The molecule has 19 heavy (non-hydrogen) atoms. The first-order valence-corrected chi connectivity index (χ1v) is 6.31. The Bertz CT molecular complexity index is 528. The summed E-state index contributed by atoms with van der Waals surface area (Å²) >= 11 is 0. The van der Waals surface area contributed by atoms with Crippen LogP contribution in [-0.4, -0.2) is 17.5 Å². The molecule has 4 heteroatoms. The Labute approximate surface area is 113 Å². The Morgan fingerprint density at radius 1 is 1.47 bits per heavy atom. The lowest BCUT2D eigenvalue weighted by Crippen LogP contribution is -2.01. The van der Waals surface area contributed by atoms with Gasteiger partial charge in [0.1, 0.15) is 0 Å². The van der Waals surface area contributed by atoms with Crippen LogP contribution in [0.4, 0.5) is 11.4 Å². The minimum Gasteiger partial charge on any atom is -0.361 e. The number of allylic oxidation sites excluding steroid dienone is 2. The van der Waals surface area contributed by atoms with Crippen LogP contribution < -0.4 is 4.90 Å². The van der Waals surface area contributed by atoms with Gasteiger partial charge in [-0.1, -0.05) is 18.2 Å². The average molecular weight is 258 g/mol. The molecule has 1 atom stereocenters. The van der Waals surface area contributed by atoms with Crippen LogP contribution in [0.3, 0.4) is 0 Å². The first kappa shape index (κ1) is 13.3. The van der Waals surface area contributed by atoms with Crippen molar-refractivity contribution in [2.75, 3.05) is 11.4 Å². The molecule has 1 heterocycles. The van der Waals surface area contributed by atoms with E-state index < -0.39 is 0 Å². The van der Waals surface area contributed by atoms with Gasteiger partial charge in [0.2, 0.25) is 0 Å². The number of hydrogen-bond donors (Lipinski definition) is 0. The summed E-state index contributed by atoms with van der Waals surface area (Å²) in [5.74, 6) is 0. The monoisotopic (exact) mass is 258 g/mol. The lowest BCUT2D eigenvalue weighted by Gasteiger charge is -2.06. The molecule has 0 amide bonds. The summed E-state index contributed by atoms with van der Waals surface area (Å²) in [5.41, 5.74) is 3.64. The van der Waals surface area contributed by atoms with E-state index in [1.807, 2.05) is 0 Å². The Morgan fingerprint density at radius 2 is 2.11 bits per heavy atom. The second-order valence-electron chi connectivity index (χ2n) is 5.09. The molecule has 1 aliphatic heterocycles. The minimum atomic E-state index is -0.378. The fourth-order valence-electron chi connectivity index (χ4n) is 2.01. The second kappa shape index (κ2) is 5.26. The molecule has 2 rings (SSSR count). The van der Waals surface area contributed by atoms with E-state index in [-0.39, 0.29) is 10.6 Å². The highest BCUT2D eigenvalue weighted by molar-refractivity contribution is 5.59. The van der Waals surface area contributed by atoms with Crippen molar-refractivity contribution in [2.24, 2.45) is 0 Å². The van der Waals surface area contributed by atoms with Crippen LogP contribution in [0.2, 0.25) is 0 Å². The predicted octanol–water partition coefficient (Wildman–Crippen LogP) is 3.70. The maximum atomic E-state index is 10.6. The molecule has 1 aliphatic rings. The molecule has 1 fully saturated rings. The molecule has 0 saturated carbocycles. The van der Waals surface area contributed by atoms with E-state index in [0.717, 1.165) is 18.7 Å². The highest BCUT2D eigenvalue weighted by atomic mass is 16.6. The van der Waals surface area contributed by atoms with Gasteiger partial charge >= 0.3 is 0 Å². The van der Waals surface area contributed by atoms with Crippen LogP contribution in [-0.2, 0) is 0 Å². The molecule has 0 aliphatic carbocycles. The number of nitro groups is 1. The van der Waals surface area contributed by atoms with Crippen molar-refractivity contribution in [3.8, 4) is 0 Å². The van der Waals surface area contributed by atoms with Crippen LogP contribution in [0.25, 0.3) is 0 Å². The average Bonchev–Trinajstić information content (AvgIpc) is 3.16. The molecule has 0 radical (unpaired) electrons. The number of hydrogen-bond acceptors (Lipinski definition) is 3. The normalized spacial score (nSPS) is 16.9. The fourth-order valence-corrected chi connectivity index (χ4v) is 2.01. The van der Waals surface area contributed by atoms with Crippen LogP contribution >= 0.6 is 0 Å². The lowest BCUT2D eigenvalue weighted by molar-refractivity contribution is -0.384. The molecule has 100 valence electrons. The van der Waals surface area contributed by atoms with E-state index in [1.54, 1.807) is 24.3 Å². The van der Waals surface area contributed by atoms with E-state index >= 15 is 0 Å². The topological polar surface area (TPSA) is 46.1 Å². The van der Waals surface area contributed by atoms with E-state index in [4.69, 9.17) is 0 Å². The van der Waals surface area contributed by atoms with Crippen molar-refractivity contribution < 1.29 is 4.92 Å². The maximum absolute atomic E-state index is 10.6. The van der Waals surface area contributed by atoms with E-state index in [2.05, 4.69) is 31.4 Å². The molecule has 1 saturated heterocycles. The van der Waals surface area contributed by atoms with Crippen LogP contribution in [0, 0.1) is 10.1 Å². The summed E-state index contributed by atoms with van der Waals surface area (Å²) in [7, 11) is 0. The molecule has 0 bridgehead atoms. The molecule has 0 spiro atoms. The molecule has 1 aromatic carbocycles. The predicted molar refractivity (Wildman–Crippen MR) is 77.4 cm³/mol. The van der Waals surface area contributed by atoms with E-state index in [9.17, 15) is 10.1 Å². The zero-order valence-electron chi connectivity index (χ0n) is 11.3. The summed E-state index contributed by atoms with van der Waals surface area (Å²) in [6.07, 6.45) is 3.07. The van der Waals surface area contributed by atoms with Gasteiger partial charge in [0.05, 0.1) is 11.0 Å². The van der Waals surface area contributed by atoms with Gasteiger partial charge in [-0.2, -0.15) is 0 Å². The first-order valence-electron chi connectivity index (χ1n) is 6.31. The Balaban J connectivity index is 1.97. The van der Waals surface area contributed by atoms with Crippen molar-refractivity contribution in [3.63, 3.8) is 0 Å². The van der Waals surface area contributed by atoms with Gasteiger partial charge in [0.25, 0.3) is 5.69 Å². The maximum Gasteiger partial charge on any atom is 0.269 e. The summed E-state index contributed by atoms with van der Waals surface area (Å²) < 4.78 is 0. The molecule has 0 N–H and O–H groups in total. The third kappa shape index (κ3) is 3.22. The third-order valence-corrected chi connectivity index (χ3v) is 3.25. The third-order valence-electron chi connectivity index (χ3n) is 3.25. The standard InChI is InChI=1S/C15H18N2O2/c1-11(2)4-5-12(3)15-10-16(15)13-6-8-14(9-7-13)17(18)19/h4,6-9,15H,3,5,10H2,1-2H3. The Kier molecular flexibility index (Phi) is 3.69. The van der Waals surface area contributed by atoms with E-state index in [0.29, 0.717) is 6.04 Å². The van der Waals surface area contributed by atoms with Gasteiger partial charge in [-0.3, -0.25) is 10.1 Å². The lowest BCUT2D eigenvalue weighted by atomic mass is 10.1. The number of rotatable bonds is 5. The summed E-state index contributed by atoms with van der Waals surface area (Å²) in [6.45, 7) is 9.22. The Morgan fingerprint density at radius 3 is 2.63 bits per heavy atom. The number of non-ortho nitro benzene ring substituents is 1. The van der Waals surface area contributed by atoms with Crippen LogP contribution in [0.1, 0.15) is 20.3 Å². The van der Waals surface area contributed by atoms with Crippen molar-refractivity contribution in [1.82, 2.24) is 0 Å². The Hall–Kier alpha value is -2.10. The fraction of sp³-hybridized carbons (Fsp3) is 0.333. The molecular weight excluding hydrogens is 240 g/mol.